The van der Waals surface area contributed by atoms with Crippen molar-refractivity contribution in [3.63, 3.8) is 0 Å². The van der Waals surface area contributed by atoms with Crippen molar-refractivity contribution >= 4 is 11.4 Å². The smallest absolute Gasteiger partial charge is 0.355 e. The van der Waals surface area contributed by atoms with Gasteiger partial charge >= 0.3 is 6.18 Å². The van der Waals surface area contributed by atoms with Crippen LogP contribution in [-0.2, 0) is 6.18 Å². The predicted octanol–water partition coefficient (Wildman–Crippen LogP) is 4.59. The van der Waals surface area contributed by atoms with E-state index in [-0.39, 0.29) is 0 Å². The second-order valence-electron chi connectivity index (χ2n) is 3.71. The van der Waals surface area contributed by atoms with Gasteiger partial charge in [0.1, 0.15) is 5.82 Å². The van der Waals surface area contributed by atoms with Crippen LogP contribution in [-0.4, -0.2) is 0 Å². The zero-order chi connectivity index (χ0) is 13.2. The summed E-state index contributed by atoms with van der Waals surface area (Å²) in [4.78, 5) is 0. The van der Waals surface area contributed by atoms with Crippen molar-refractivity contribution in [1.29, 1.82) is 0 Å². The summed E-state index contributed by atoms with van der Waals surface area (Å²) < 4.78 is 49.9. The summed E-state index contributed by atoms with van der Waals surface area (Å²) in [5.74, 6) is -0.410. The van der Waals surface area contributed by atoms with Crippen LogP contribution < -0.4 is 5.32 Å². The molecule has 0 aliphatic heterocycles. The lowest BCUT2D eigenvalue weighted by Gasteiger charge is -2.09. The van der Waals surface area contributed by atoms with Gasteiger partial charge in [-0.2, -0.15) is 13.2 Å². The Labute approximate surface area is 101 Å². The molecule has 0 spiro atoms. The van der Waals surface area contributed by atoms with Gasteiger partial charge in [0.05, 0.1) is 5.56 Å². The van der Waals surface area contributed by atoms with Crippen molar-refractivity contribution in [2.24, 2.45) is 0 Å². The molecular weight excluding hydrogens is 246 g/mol. The van der Waals surface area contributed by atoms with Crippen LogP contribution in [0.25, 0.3) is 0 Å². The largest absolute Gasteiger partial charge is 0.416 e. The Bertz CT molecular complexity index is 531. The van der Waals surface area contributed by atoms with Crippen LogP contribution in [0.4, 0.5) is 28.9 Å². The van der Waals surface area contributed by atoms with Crippen molar-refractivity contribution in [3.8, 4) is 0 Å². The average Bonchev–Trinajstić information content (AvgIpc) is 2.28. The fourth-order valence-electron chi connectivity index (χ4n) is 1.48. The number of anilines is 2. The van der Waals surface area contributed by atoms with E-state index in [9.17, 15) is 17.6 Å². The second-order valence-corrected chi connectivity index (χ2v) is 3.71. The highest BCUT2D eigenvalue weighted by Gasteiger charge is 2.29. The van der Waals surface area contributed by atoms with Crippen molar-refractivity contribution < 1.29 is 17.6 Å². The molecule has 0 saturated carbocycles. The molecule has 0 aliphatic carbocycles. The van der Waals surface area contributed by atoms with Gasteiger partial charge in [0, 0.05) is 11.4 Å². The molecule has 0 saturated heterocycles. The zero-order valence-corrected chi connectivity index (χ0v) is 9.13. The quantitative estimate of drug-likeness (QED) is 0.774. The van der Waals surface area contributed by atoms with Crippen LogP contribution in [0.1, 0.15) is 5.56 Å². The summed E-state index contributed by atoms with van der Waals surface area (Å²) in [5, 5.41) is 2.82. The number of benzene rings is 2. The maximum absolute atomic E-state index is 12.9. The first-order valence-electron chi connectivity index (χ1n) is 5.15. The van der Waals surface area contributed by atoms with E-state index in [1.54, 1.807) is 6.07 Å². The minimum absolute atomic E-state index is 0.410. The Morgan fingerprint density at radius 1 is 0.833 bits per heavy atom. The third-order valence-electron chi connectivity index (χ3n) is 2.33. The van der Waals surface area contributed by atoms with E-state index >= 15 is 0 Å². The van der Waals surface area contributed by atoms with E-state index in [4.69, 9.17) is 0 Å². The molecule has 94 valence electrons. The summed E-state index contributed by atoms with van der Waals surface area (Å²) in [6.07, 6.45) is -4.35. The van der Waals surface area contributed by atoms with E-state index in [2.05, 4.69) is 5.32 Å². The van der Waals surface area contributed by atoms with Crippen molar-refractivity contribution in [2.45, 2.75) is 6.18 Å². The van der Waals surface area contributed by atoms with E-state index in [1.165, 1.54) is 30.3 Å². The molecule has 5 heteroatoms. The SMILES string of the molecule is Fc1cccc(Nc2ccc(C(F)(F)F)cc2)c1. The lowest BCUT2D eigenvalue weighted by atomic mass is 10.2. The van der Waals surface area contributed by atoms with E-state index in [0.29, 0.717) is 11.4 Å². The van der Waals surface area contributed by atoms with Crippen LogP contribution in [0.3, 0.4) is 0 Å². The molecule has 0 unspecified atom stereocenters. The first-order valence-corrected chi connectivity index (χ1v) is 5.15. The van der Waals surface area contributed by atoms with Gasteiger partial charge in [-0.05, 0) is 42.5 Å². The molecule has 2 aromatic rings. The summed E-state index contributed by atoms with van der Waals surface area (Å²) in [7, 11) is 0. The monoisotopic (exact) mass is 255 g/mol. The van der Waals surface area contributed by atoms with Crippen LogP contribution in [0.5, 0.6) is 0 Å². The third kappa shape index (κ3) is 3.00. The fourth-order valence-corrected chi connectivity index (χ4v) is 1.48. The number of halogens is 4. The molecule has 0 aromatic heterocycles. The average molecular weight is 255 g/mol. The first kappa shape index (κ1) is 12.4. The number of hydrogen-bond donors (Lipinski definition) is 1. The minimum Gasteiger partial charge on any atom is -0.355 e. The van der Waals surface area contributed by atoms with Crippen molar-refractivity contribution in [3.05, 3.63) is 59.9 Å². The van der Waals surface area contributed by atoms with Crippen LogP contribution in [0, 0.1) is 5.82 Å². The molecule has 0 amide bonds. The molecule has 0 fully saturated rings. The molecule has 0 heterocycles. The Morgan fingerprint density at radius 2 is 1.50 bits per heavy atom. The van der Waals surface area contributed by atoms with Crippen LogP contribution in [0.15, 0.2) is 48.5 Å². The van der Waals surface area contributed by atoms with Gasteiger partial charge in [0.25, 0.3) is 0 Å². The number of rotatable bonds is 2. The molecule has 0 bridgehead atoms. The van der Waals surface area contributed by atoms with Gasteiger partial charge in [-0.25, -0.2) is 4.39 Å². The van der Waals surface area contributed by atoms with Gasteiger partial charge in [-0.3, -0.25) is 0 Å². The van der Waals surface area contributed by atoms with Gasteiger partial charge in [-0.15, -0.1) is 0 Å². The molecule has 1 nitrogen and oxygen atoms in total. The minimum atomic E-state index is -4.35. The molecule has 0 aliphatic rings. The lowest BCUT2D eigenvalue weighted by Crippen LogP contribution is -2.04. The molecule has 0 radical (unpaired) electrons. The maximum atomic E-state index is 12.9. The standard InChI is InChI=1S/C13H9F4N/c14-10-2-1-3-12(8-10)18-11-6-4-9(5-7-11)13(15,16)17/h1-8,18H. The summed E-state index contributed by atoms with van der Waals surface area (Å²) in [6, 6.07) is 10.2. The highest BCUT2D eigenvalue weighted by atomic mass is 19.4. The zero-order valence-electron chi connectivity index (χ0n) is 9.13. The second kappa shape index (κ2) is 4.68. The molecular formula is C13H9F4N. The summed E-state index contributed by atoms with van der Waals surface area (Å²) in [5.41, 5.74) is 0.232. The molecule has 2 aromatic carbocycles. The normalized spacial score (nSPS) is 11.3. The van der Waals surface area contributed by atoms with E-state index < -0.39 is 17.6 Å². The van der Waals surface area contributed by atoms with E-state index in [1.807, 2.05) is 0 Å². The van der Waals surface area contributed by atoms with Crippen LogP contribution >= 0.6 is 0 Å². The van der Waals surface area contributed by atoms with Crippen LogP contribution in [0.2, 0.25) is 0 Å². The van der Waals surface area contributed by atoms with Gasteiger partial charge < -0.3 is 5.32 Å². The van der Waals surface area contributed by atoms with Crippen molar-refractivity contribution in [1.82, 2.24) is 0 Å². The van der Waals surface area contributed by atoms with Gasteiger partial charge in [0.2, 0.25) is 0 Å². The molecule has 18 heavy (non-hydrogen) atoms. The highest BCUT2D eigenvalue weighted by Crippen LogP contribution is 2.30. The summed E-state index contributed by atoms with van der Waals surface area (Å²) in [6.45, 7) is 0. The number of alkyl halides is 3. The maximum Gasteiger partial charge on any atom is 0.416 e. The topological polar surface area (TPSA) is 12.0 Å². The Morgan fingerprint density at radius 3 is 2.06 bits per heavy atom. The molecule has 0 atom stereocenters. The van der Waals surface area contributed by atoms with Crippen molar-refractivity contribution in [2.75, 3.05) is 5.32 Å². The molecule has 1 N–H and O–H groups in total. The first-order chi connectivity index (χ1) is 8.45. The predicted molar refractivity (Wildman–Crippen MR) is 61.1 cm³/mol. The lowest BCUT2D eigenvalue weighted by molar-refractivity contribution is -0.137. The number of hydrogen-bond acceptors (Lipinski definition) is 1. The Kier molecular flexibility index (Phi) is 3.23. The highest BCUT2D eigenvalue weighted by molar-refractivity contribution is 5.59. The molecule has 2 rings (SSSR count). The Balaban J connectivity index is 2.16. The third-order valence-corrected chi connectivity index (χ3v) is 2.33. The van der Waals surface area contributed by atoms with E-state index in [0.717, 1.165) is 12.1 Å². The van der Waals surface area contributed by atoms with Gasteiger partial charge in [0.15, 0.2) is 0 Å². The van der Waals surface area contributed by atoms with Gasteiger partial charge in [-0.1, -0.05) is 6.07 Å². The summed E-state index contributed by atoms with van der Waals surface area (Å²) >= 11 is 0. The number of nitrogens with one attached hydrogen (secondary N) is 1. The fraction of sp³-hybridized carbons (Fsp3) is 0.0769. The Hall–Kier alpha value is -2.04.